The van der Waals surface area contributed by atoms with Gasteiger partial charge in [0.1, 0.15) is 5.76 Å². The molecule has 0 saturated heterocycles. The van der Waals surface area contributed by atoms with Crippen molar-refractivity contribution in [3.63, 3.8) is 0 Å². The van der Waals surface area contributed by atoms with Crippen LogP contribution in [-0.4, -0.2) is 6.61 Å². The minimum atomic E-state index is -0.792. The molecule has 0 bridgehead atoms. The molecule has 2 rings (SSSR count). The Bertz CT molecular complexity index is 480. The lowest BCUT2D eigenvalue weighted by Gasteiger charge is -2.23. The van der Waals surface area contributed by atoms with Crippen molar-refractivity contribution >= 4 is 5.76 Å². The number of hydrogen-bond donors (Lipinski definition) is 0. The van der Waals surface area contributed by atoms with Crippen LogP contribution in [0.3, 0.4) is 0 Å². The summed E-state index contributed by atoms with van der Waals surface area (Å²) >= 11 is 0. The van der Waals surface area contributed by atoms with Crippen molar-refractivity contribution in [2.75, 3.05) is 6.61 Å². The van der Waals surface area contributed by atoms with Crippen molar-refractivity contribution in [1.82, 2.24) is 0 Å². The van der Waals surface area contributed by atoms with Gasteiger partial charge < -0.3 is 4.74 Å². The van der Waals surface area contributed by atoms with Crippen molar-refractivity contribution in [3.8, 4) is 0 Å². The van der Waals surface area contributed by atoms with Gasteiger partial charge in [-0.05, 0) is 42.9 Å². The fourth-order valence-electron chi connectivity index (χ4n) is 2.46. The van der Waals surface area contributed by atoms with E-state index in [-0.39, 0.29) is 5.56 Å². The maximum Gasteiger partial charge on any atom is 0.170 e. The van der Waals surface area contributed by atoms with Crippen LogP contribution in [0.1, 0.15) is 44.2 Å². The molecule has 0 saturated carbocycles. The van der Waals surface area contributed by atoms with Crippen LogP contribution in [0.5, 0.6) is 0 Å². The number of hydrogen-bond acceptors (Lipinski definition) is 1. The van der Waals surface area contributed by atoms with Crippen molar-refractivity contribution in [2.45, 2.75) is 39.5 Å². The Balaban J connectivity index is 2.22. The number of aryl methyl sites for hydroxylation is 1. The van der Waals surface area contributed by atoms with Crippen LogP contribution in [0.15, 0.2) is 18.2 Å². The van der Waals surface area contributed by atoms with Gasteiger partial charge in [0.05, 0.1) is 12.2 Å². The minimum absolute atomic E-state index is 0.240. The summed E-state index contributed by atoms with van der Waals surface area (Å²) in [5, 5.41) is 0. The van der Waals surface area contributed by atoms with E-state index < -0.39 is 11.6 Å². The molecule has 1 aliphatic heterocycles. The first-order chi connectivity index (χ1) is 9.17. The normalized spacial score (nSPS) is 18.9. The molecule has 0 spiro atoms. The van der Waals surface area contributed by atoms with E-state index in [1.54, 1.807) is 12.1 Å². The first-order valence-electron chi connectivity index (χ1n) is 6.97. The van der Waals surface area contributed by atoms with E-state index in [2.05, 4.69) is 6.92 Å². The minimum Gasteiger partial charge on any atom is -0.493 e. The Labute approximate surface area is 113 Å². The SMILES string of the molecule is CCCC1CC=C(c2ccc(CC)c(F)c2F)OC1. The van der Waals surface area contributed by atoms with Crippen LogP contribution in [0.4, 0.5) is 8.78 Å². The Morgan fingerprint density at radius 1 is 1.21 bits per heavy atom. The number of halogens is 2. The Morgan fingerprint density at radius 2 is 2.00 bits per heavy atom. The van der Waals surface area contributed by atoms with Crippen molar-refractivity contribution < 1.29 is 13.5 Å². The molecule has 19 heavy (non-hydrogen) atoms. The Kier molecular flexibility index (Phi) is 4.56. The van der Waals surface area contributed by atoms with Gasteiger partial charge in [-0.25, -0.2) is 8.78 Å². The Hall–Kier alpha value is -1.38. The van der Waals surface area contributed by atoms with Gasteiger partial charge in [-0.15, -0.1) is 0 Å². The summed E-state index contributed by atoms with van der Waals surface area (Å²) in [5.41, 5.74) is 0.645. The van der Waals surface area contributed by atoms with Gasteiger partial charge in [0.2, 0.25) is 0 Å². The fraction of sp³-hybridized carbons (Fsp3) is 0.500. The number of ether oxygens (including phenoxy) is 1. The largest absolute Gasteiger partial charge is 0.493 e. The highest BCUT2D eigenvalue weighted by atomic mass is 19.2. The van der Waals surface area contributed by atoms with E-state index in [0.29, 0.717) is 30.3 Å². The van der Waals surface area contributed by atoms with Gasteiger partial charge in [0.15, 0.2) is 11.6 Å². The van der Waals surface area contributed by atoms with E-state index in [0.717, 1.165) is 19.3 Å². The van der Waals surface area contributed by atoms with Crippen molar-refractivity contribution in [1.29, 1.82) is 0 Å². The fourth-order valence-corrected chi connectivity index (χ4v) is 2.46. The van der Waals surface area contributed by atoms with Gasteiger partial charge in [-0.1, -0.05) is 26.3 Å². The summed E-state index contributed by atoms with van der Waals surface area (Å²) in [6.45, 7) is 4.54. The third-order valence-corrected chi connectivity index (χ3v) is 3.62. The summed E-state index contributed by atoms with van der Waals surface area (Å²) in [6, 6.07) is 3.25. The zero-order valence-corrected chi connectivity index (χ0v) is 11.5. The molecule has 3 heteroatoms. The summed E-state index contributed by atoms with van der Waals surface area (Å²) in [5.74, 6) is -0.567. The topological polar surface area (TPSA) is 9.23 Å². The van der Waals surface area contributed by atoms with Gasteiger partial charge in [0.25, 0.3) is 0 Å². The highest BCUT2D eigenvalue weighted by Gasteiger charge is 2.20. The van der Waals surface area contributed by atoms with Crippen LogP contribution in [0.25, 0.3) is 5.76 Å². The van der Waals surface area contributed by atoms with Crippen LogP contribution >= 0.6 is 0 Å². The molecule has 0 amide bonds. The molecule has 1 aromatic carbocycles. The summed E-state index contributed by atoms with van der Waals surface area (Å²) in [7, 11) is 0. The molecule has 1 heterocycles. The average molecular weight is 266 g/mol. The van der Waals surface area contributed by atoms with Crippen LogP contribution in [-0.2, 0) is 11.2 Å². The number of benzene rings is 1. The molecule has 0 aromatic heterocycles. The van der Waals surface area contributed by atoms with E-state index in [1.165, 1.54) is 0 Å². The predicted octanol–water partition coefficient (Wildman–Crippen LogP) is 4.70. The van der Waals surface area contributed by atoms with E-state index in [1.807, 2.05) is 13.0 Å². The lowest BCUT2D eigenvalue weighted by molar-refractivity contribution is 0.192. The zero-order chi connectivity index (χ0) is 13.8. The number of rotatable bonds is 4. The highest BCUT2D eigenvalue weighted by molar-refractivity contribution is 5.61. The van der Waals surface area contributed by atoms with Gasteiger partial charge in [0, 0.05) is 0 Å². The van der Waals surface area contributed by atoms with Crippen LogP contribution in [0, 0.1) is 17.6 Å². The quantitative estimate of drug-likeness (QED) is 0.767. The molecule has 1 unspecified atom stereocenters. The third kappa shape index (κ3) is 2.96. The smallest absolute Gasteiger partial charge is 0.170 e. The van der Waals surface area contributed by atoms with E-state index in [4.69, 9.17) is 4.74 Å². The molecule has 1 aromatic rings. The van der Waals surface area contributed by atoms with Gasteiger partial charge in [-0.2, -0.15) is 0 Å². The van der Waals surface area contributed by atoms with E-state index in [9.17, 15) is 8.78 Å². The molecule has 0 N–H and O–H groups in total. The molecule has 0 aliphatic carbocycles. The monoisotopic (exact) mass is 266 g/mol. The molecule has 1 nitrogen and oxygen atoms in total. The third-order valence-electron chi connectivity index (χ3n) is 3.62. The highest BCUT2D eigenvalue weighted by Crippen LogP contribution is 2.29. The summed E-state index contributed by atoms with van der Waals surface area (Å²) < 4.78 is 33.3. The van der Waals surface area contributed by atoms with Crippen molar-refractivity contribution in [2.24, 2.45) is 5.92 Å². The maximum absolute atomic E-state index is 14.0. The summed E-state index contributed by atoms with van der Waals surface area (Å²) in [6.07, 6.45) is 5.47. The second-order valence-corrected chi connectivity index (χ2v) is 5.02. The maximum atomic E-state index is 14.0. The molecular weight excluding hydrogens is 246 g/mol. The molecule has 1 atom stereocenters. The first kappa shape index (κ1) is 14.0. The first-order valence-corrected chi connectivity index (χ1v) is 6.97. The molecule has 104 valence electrons. The predicted molar refractivity (Wildman–Crippen MR) is 72.7 cm³/mol. The molecule has 0 fully saturated rings. The van der Waals surface area contributed by atoms with Gasteiger partial charge in [-0.3, -0.25) is 0 Å². The number of allylic oxidation sites excluding steroid dienone is 1. The second-order valence-electron chi connectivity index (χ2n) is 5.02. The lowest BCUT2D eigenvalue weighted by Crippen LogP contribution is -2.14. The van der Waals surface area contributed by atoms with Crippen LogP contribution in [0.2, 0.25) is 0 Å². The van der Waals surface area contributed by atoms with Crippen molar-refractivity contribution in [3.05, 3.63) is 41.0 Å². The summed E-state index contributed by atoms with van der Waals surface area (Å²) in [4.78, 5) is 0. The molecular formula is C16H20F2O. The van der Waals surface area contributed by atoms with Gasteiger partial charge >= 0.3 is 0 Å². The zero-order valence-electron chi connectivity index (χ0n) is 11.5. The standard InChI is InChI=1S/C16H20F2O/c1-3-5-11-6-9-14(19-10-11)13-8-7-12(4-2)15(17)16(13)18/h7-9,11H,3-6,10H2,1-2H3. The molecule has 0 radical (unpaired) electrons. The second kappa shape index (κ2) is 6.18. The Morgan fingerprint density at radius 3 is 2.58 bits per heavy atom. The molecule has 1 aliphatic rings. The van der Waals surface area contributed by atoms with Crippen LogP contribution < -0.4 is 0 Å². The average Bonchev–Trinajstić information content (AvgIpc) is 2.43. The van der Waals surface area contributed by atoms with E-state index >= 15 is 0 Å². The lowest BCUT2D eigenvalue weighted by atomic mass is 9.97.